The van der Waals surface area contributed by atoms with Gasteiger partial charge in [0.25, 0.3) is 0 Å². The predicted molar refractivity (Wildman–Crippen MR) is 97.2 cm³/mol. The first-order chi connectivity index (χ1) is 12.3. The van der Waals surface area contributed by atoms with Gasteiger partial charge in [-0.15, -0.1) is 0 Å². The van der Waals surface area contributed by atoms with Crippen LogP contribution < -0.4 is 0 Å². The lowest BCUT2D eigenvalue weighted by Gasteiger charge is -2.48. The van der Waals surface area contributed by atoms with E-state index in [-0.39, 0.29) is 11.9 Å². The number of amides is 1. The topological polar surface area (TPSA) is 32.8 Å². The van der Waals surface area contributed by atoms with Crippen LogP contribution in [0.2, 0.25) is 0 Å². The quantitative estimate of drug-likeness (QED) is 0.863. The Morgan fingerprint density at radius 3 is 2.44 bits per heavy atom. The van der Waals surface area contributed by atoms with Crippen LogP contribution >= 0.6 is 0 Å². The van der Waals surface area contributed by atoms with Crippen LogP contribution in [0.1, 0.15) is 17.2 Å². The molecule has 4 rings (SSSR count). The van der Waals surface area contributed by atoms with Gasteiger partial charge in [-0.1, -0.05) is 60.7 Å². The van der Waals surface area contributed by atoms with E-state index >= 15 is 0 Å². The van der Waals surface area contributed by atoms with Gasteiger partial charge in [-0.3, -0.25) is 9.69 Å². The second kappa shape index (κ2) is 7.38. The molecule has 0 aromatic heterocycles. The van der Waals surface area contributed by atoms with E-state index in [0.29, 0.717) is 19.1 Å². The number of hydrogen-bond acceptors (Lipinski definition) is 3. The van der Waals surface area contributed by atoms with Crippen LogP contribution in [0.3, 0.4) is 0 Å². The maximum absolute atomic E-state index is 12.7. The maximum Gasteiger partial charge on any atom is 0.227 e. The van der Waals surface area contributed by atoms with Crippen molar-refractivity contribution >= 4 is 5.91 Å². The molecule has 1 amide bonds. The van der Waals surface area contributed by atoms with Gasteiger partial charge in [0.2, 0.25) is 5.91 Å². The van der Waals surface area contributed by atoms with Gasteiger partial charge >= 0.3 is 0 Å². The number of hydrogen-bond donors (Lipinski definition) is 0. The highest BCUT2D eigenvalue weighted by atomic mass is 16.5. The molecule has 2 fully saturated rings. The number of benzene rings is 2. The Balaban J connectivity index is 1.42. The van der Waals surface area contributed by atoms with Crippen molar-refractivity contribution in [1.82, 2.24) is 9.80 Å². The fraction of sp³-hybridized carbons (Fsp3) is 0.381. The molecule has 0 N–H and O–H groups in total. The largest absolute Gasteiger partial charge is 0.378 e. The van der Waals surface area contributed by atoms with Gasteiger partial charge in [-0.05, 0) is 11.1 Å². The Bertz CT molecular complexity index is 704. The van der Waals surface area contributed by atoms with Crippen LogP contribution in [-0.2, 0) is 16.0 Å². The highest BCUT2D eigenvalue weighted by Crippen LogP contribution is 2.29. The van der Waals surface area contributed by atoms with E-state index in [4.69, 9.17) is 4.74 Å². The third-order valence-corrected chi connectivity index (χ3v) is 5.25. The lowest BCUT2D eigenvalue weighted by atomic mass is 10.00. The third-order valence-electron chi connectivity index (χ3n) is 5.25. The van der Waals surface area contributed by atoms with E-state index in [0.717, 1.165) is 31.8 Å². The van der Waals surface area contributed by atoms with Crippen molar-refractivity contribution in [3.63, 3.8) is 0 Å². The molecule has 25 heavy (non-hydrogen) atoms. The fourth-order valence-electron chi connectivity index (χ4n) is 3.91. The molecule has 4 nitrogen and oxygen atoms in total. The van der Waals surface area contributed by atoms with Crippen LogP contribution in [0.5, 0.6) is 0 Å². The zero-order valence-corrected chi connectivity index (χ0v) is 14.4. The van der Waals surface area contributed by atoms with Gasteiger partial charge in [-0.2, -0.15) is 0 Å². The minimum atomic E-state index is 0.215. The minimum absolute atomic E-state index is 0.215. The zero-order valence-electron chi connectivity index (χ0n) is 14.4. The number of fused-ring (bicyclic) bond motifs is 1. The molecule has 0 saturated carbocycles. The standard InChI is InChI=1S/C21H24N2O2/c24-21(13-17-7-3-1-4-8-17)22-11-12-23-19(14-22)15-25-16-20(23)18-9-5-2-6-10-18/h1-10,19-20H,11-16H2/t19-,20-/m1/s1. The van der Waals surface area contributed by atoms with Crippen LogP contribution in [0.4, 0.5) is 0 Å². The summed E-state index contributed by atoms with van der Waals surface area (Å²) in [5.74, 6) is 0.215. The molecular formula is C21H24N2O2. The number of nitrogens with zero attached hydrogens (tertiary/aromatic N) is 2. The van der Waals surface area contributed by atoms with E-state index in [1.807, 2.05) is 41.3 Å². The number of ether oxygens (including phenoxy) is 1. The van der Waals surface area contributed by atoms with Crippen molar-refractivity contribution in [2.24, 2.45) is 0 Å². The highest BCUT2D eigenvalue weighted by Gasteiger charge is 2.37. The molecule has 4 heteroatoms. The summed E-state index contributed by atoms with van der Waals surface area (Å²) in [5, 5.41) is 0. The van der Waals surface area contributed by atoms with Crippen molar-refractivity contribution < 1.29 is 9.53 Å². The number of morpholine rings is 1. The highest BCUT2D eigenvalue weighted by molar-refractivity contribution is 5.79. The van der Waals surface area contributed by atoms with Crippen LogP contribution in [-0.4, -0.2) is 54.6 Å². The molecular weight excluding hydrogens is 312 g/mol. The summed E-state index contributed by atoms with van der Waals surface area (Å²) in [6, 6.07) is 21.1. The molecule has 0 radical (unpaired) electrons. The number of carbonyl (C=O) groups excluding carboxylic acids is 1. The summed E-state index contributed by atoms with van der Waals surface area (Å²) < 4.78 is 5.87. The Morgan fingerprint density at radius 1 is 0.960 bits per heavy atom. The molecule has 0 bridgehead atoms. The molecule has 2 heterocycles. The summed E-state index contributed by atoms with van der Waals surface area (Å²) in [4.78, 5) is 17.2. The molecule has 0 spiro atoms. The minimum Gasteiger partial charge on any atom is -0.378 e. The molecule has 2 saturated heterocycles. The van der Waals surface area contributed by atoms with Crippen molar-refractivity contribution in [2.75, 3.05) is 32.8 Å². The van der Waals surface area contributed by atoms with Crippen LogP contribution in [0.25, 0.3) is 0 Å². The lowest BCUT2D eigenvalue weighted by Crippen LogP contribution is -2.60. The predicted octanol–water partition coefficient (Wildman–Crippen LogP) is 2.51. The molecule has 2 aliphatic rings. The van der Waals surface area contributed by atoms with Crippen molar-refractivity contribution in [1.29, 1.82) is 0 Å². The van der Waals surface area contributed by atoms with Gasteiger partial charge in [0.15, 0.2) is 0 Å². The zero-order chi connectivity index (χ0) is 17.1. The lowest BCUT2D eigenvalue weighted by molar-refractivity contribution is -0.139. The summed E-state index contributed by atoms with van der Waals surface area (Å²) in [5.41, 5.74) is 2.38. The Kier molecular flexibility index (Phi) is 4.81. The van der Waals surface area contributed by atoms with Gasteiger partial charge in [0, 0.05) is 19.6 Å². The van der Waals surface area contributed by atoms with Crippen molar-refractivity contribution in [3.05, 3.63) is 71.8 Å². The van der Waals surface area contributed by atoms with E-state index < -0.39 is 0 Å². The first-order valence-corrected chi connectivity index (χ1v) is 9.01. The fourth-order valence-corrected chi connectivity index (χ4v) is 3.91. The van der Waals surface area contributed by atoms with Gasteiger partial charge in [0.1, 0.15) is 0 Å². The van der Waals surface area contributed by atoms with Crippen molar-refractivity contribution in [3.8, 4) is 0 Å². The molecule has 2 aromatic carbocycles. The Hall–Kier alpha value is -2.17. The first-order valence-electron chi connectivity index (χ1n) is 9.01. The number of carbonyl (C=O) groups is 1. The Labute approximate surface area is 149 Å². The van der Waals surface area contributed by atoms with E-state index in [9.17, 15) is 4.79 Å². The molecule has 2 aromatic rings. The Morgan fingerprint density at radius 2 is 1.68 bits per heavy atom. The van der Waals surface area contributed by atoms with Gasteiger partial charge < -0.3 is 9.64 Å². The van der Waals surface area contributed by atoms with Gasteiger partial charge in [-0.25, -0.2) is 0 Å². The van der Waals surface area contributed by atoms with Crippen LogP contribution in [0, 0.1) is 0 Å². The monoisotopic (exact) mass is 336 g/mol. The molecule has 130 valence electrons. The molecule has 2 atom stereocenters. The van der Waals surface area contributed by atoms with E-state index in [1.54, 1.807) is 0 Å². The summed E-state index contributed by atoms with van der Waals surface area (Å²) in [6.07, 6.45) is 0.483. The van der Waals surface area contributed by atoms with E-state index in [1.165, 1.54) is 5.56 Å². The number of rotatable bonds is 3. The van der Waals surface area contributed by atoms with Crippen molar-refractivity contribution in [2.45, 2.75) is 18.5 Å². The van der Waals surface area contributed by atoms with E-state index in [2.05, 4.69) is 29.2 Å². The molecule has 0 unspecified atom stereocenters. The normalized spacial score (nSPS) is 23.9. The smallest absolute Gasteiger partial charge is 0.227 e. The molecule has 2 aliphatic heterocycles. The second-order valence-corrected chi connectivity index (χ2v) is 6.86. The summed E-state index contributed by atoms with van der Waals surface area (Å²) in [7, 11) is 0. The average Bonchev–Trinajstić information content (AvgIpc) is 2.68. The summed E-state index contributed by atoms with van der Waals surface area (Å²) in [6.45, 7) is 3.91. The maximum atomic E-state index is 12.7. The van der Waals surface area contributed by atoms with Crippen LogP contribution in [0.15, 0.2) is 60.7 Å². The second-order valence-electron chi connectivity index (χ2n) is 6.86. The van der Waals surface area contributed by atoms with Gasteiger partial charge in [0.05, 0.1) is 31.7 Å². The third kappa shape index (κ3) is 3.60. The average molecular weight is 336 g/mol. The molecule has 0 aliphatic carbocycles. The number of piperazine rings is 1. The SMILES string of the molecule is O=C(Cc1ccccc1)N1CCN2[C@@H](COC[C@@H]2c2ccccc2)C1. The summed E-state index contributed by atoms with van der Waals surface area (Å²) >= 11 is 0. The first kappa shape index (κ1) is 16.3.